The van der Waals surface area contributed by atoms with Crippen molar-refractivity contribution >= 4 is 5.91 Å². The lowest BCUT2D eigenvalue weighted by molar-refractivity contribution is -0.131. The van der Waals surface area contributed by atoms with E-state index >= 15 is 0 Å². The van der Waals surface area contributed by atoms with E-state index in [0.29, 0.717) is 12.5 Å². The summed E-state index contributed by atoms with van der Waals surface area (Å²) in [5, 5.41) is 0. The number of likely N-dealkylation sites (tertiary alicyclic amines) is 2. The highest BCUT2D eigenvalue weighted by atomic mass is 19.1. The average Bonchev–Trinajstić information content (AvgIpc) is 3.19. The standard InChI is InChI=1S/C19H21FN2O2/c1-13-5-6-17(24-13)11-21-9-15-10-22(19(23)18(15)12-21)8-14-3-2-4-16(20)7-14/h2-7,15,18H,8-12H2,1H3/t15-,18-/m0/s1. The molecule has 2 aromatic rings. The van der Waals surface area contributed by atoms with Gasteiger partial charge in [0.25, 0.3) is 0 Å². The molecular formula is C19H21FN2O2. The third-order valence-electron chi connectivity index (χ3n) is 5.04. The molecule has 0 spiro atoms. The Hall–Kier alpha value is -2.14. The van der Waals surface area contributed by atoms with E-state index < -0.39 is 0 Å². The van der Waals surface area contributed by atoms with Crippen LogP contribution < -0.4 is 0 Å². The van der Waals surface area contributed by atoms with Crippen molar-refractivity contribution in [3.63, 3.8) is 0 Å². The van der Waals surface area contributed by atoms with Gasteiger partial charge in [-0.25, -0.2) is 4.39 Å². The molecule has 4 nitrogen and oxygen atoms in total. The Morgan fingerprint density at radius 2 is 2.04 bits per heavy atom. The highest BCUT2D eigenvalue weighted by Crippen LogP contribution is 2.34. The Kier molecular flexibility index (Phi) is 3.88. The molecule has 1 aromatic carbocycles. The maximum Gasteiger partial charge on any atom is 0.227 e. The molecule has 0 radical (unpaired) electrons. The van der Waals surface area contributed by atoms with Crippen molar-refractivity contribution in [1.82, 2.24) is 9.80 Å². The summed E-state index contributed by atoms with van der Waals surface area (Å²) < 4.78 is 18.9. The topological polar surface area (TPSA) is 36.7 Å². The number of carbonyl (C=O) groups is 1. The predicted octanol–water partition coefficient (Wildman–Crippen LogP) is 2.82. The van der Waals surface area contributed by atoms with Gasteiger partial charge in [-0.2, -0.15) is 0 Å². The third-order valence-corrected chi connectivity index (χ3v) is 5.04. The Bertz CT molecular complexity index is 757. The van der Waals surface area contributed by atoms with E-state index in [1.54, 1.807) is 6.07 Å². The number of hydrogen-bond donors (Lipinski definition) is 0. The van der Waals surface area contributed by atoms with Crippen molar-refractivity contribution in [2.45, 2.75) is 20.0 Å². The molecule has 2 atom stereocenters. The summed E-state index contributed by atoms with van der Waals surface area (Å²) in [6.45, 7) is 5.65. The number of hydrogen-bond acceptors (Lipinski definition) is 3. The SMILES string of the molecule is Cc1ccc(CN2C[C@H]3CN(Cc4cccc(F)c4)C(=O)[C@H]3C2)o1. The summed E-state index contributed by atoms with van der Waals surface area (Å²) in [4.78, 5) is 16.8. The Morgan fingerprint density at radius 1 is 1.17 bits per heavy atom. The molecule has 0 bridgehead atoms. The first-order valence-corrected chi connectivity index (χ1v) is 8.39. The summed E-state index contributed by atoms with van der Waals surface area (Å²) in [6, 6.07) is 10.5. The van der Waals surface area contributed by atoms with E-state index in [1.165, 1.54) is 12.1 Å². The van der Waals surface area contributed by atoms with Crippen molar-refractivity contribution in [1.29, 1.82) is 0 Å². The van der Waals surface area contributed by atoms with Crippen molar-refractivity contribution in [3.05, 3.63) is 59.3 Å². The second-order valence-electron chi connectivity index (χ2n) is 6.92. The first kappa shape index (κ1) is 15.4. The number of aryl methyl sites for hydroxylation is 1. The Balaban J connectivity index is 1.37. The molecule has 4 rings (SSSR count). The molecule has 126 valence electrons. The second-order valence-corrected chi connectivity index (χ2v) is 6.92. The van der Waals surface area contributed by atoms with Crippen LogP contribution in [0, 0.1) is 24.6 Å². The highest BCUT2D eigenvalue weighted by Gasteiger charge is 2.45. The fourth-order valence-corrected chi connectivity index (χ4v) is 3.95. The van der Waals surface area contributed by atoms with Crippen molar-refractivity contribution < 1.29 is 13.6 Å². The van der Waals surface area contributed by atoms with E-state index in [0.717, 1.165) is 43.3 Å². The lowest BCUT2D eigenvalue weighted by atomic mass is 10.0. The molecule has 2 fully saturated rings. The smallest absolute Gasteiger partial charge is 0.227 e. The van der Waals surface area contributed by atoms with Crippen LogP contribution in [0.2, 0.25) is 0 Å². The Morgan fingerprint density at radius 3 is 2.75 bits per heavy atom. The number of rotatable bonds is 4. The van der Waals surface area contributed by atoms with Crippen molar-refractivity contribution in [2.75, 3.05) is 19.6 Å². The molecule has 2 aliphatic heterocycles. The normalized spacial score (nSPS) is 23.9. The van der Waals surface area contributed by atoms with E-state index in [1.807, 2.05) is 30.0 Å². The van der Waals surface area contributed by atoms with Crippen LogP contribution in [0.3, 0.4) is 0 Å². The van der Waals surface area contributed by atoms with Gasteiger partial charge in [0.1, 0.15) is 17.3 Å². The fourth-order valence-electron chi connectivity index (χ4n) is 3.95. The van der Waals surface area contributed by atoms with Crippen LogP contribution in [0.15, 0.2) is 40.8 Å². The van der Waals surface area contributed by atoms with Crippen molar-refractivity contribution in [3.8, 4) is 0 Å². The quantitative estimate of drug-likeness (QED) is 0.866. The van der Waals surface area contributed by atoms with Gasteiger partial charge in [-0.3, -0.25) is 9.69 Å². The van der Waals surface area contributed by atoms with Crippen LogP contribution in [0.5, 0.6) is 0 Å². The van der Waals surface area contributed by atoms with Gasteiger partial charge in [0.15, 0.2) is 0 Å². The lowest BCUT2D eigenvalue weighted by Crippen LogP contribution is -2.32. The number of benzene rings is 1. The van der Waals surface area contributed by atoms with Crippen LogP contribution >= 0.6 is 0 Å². The van der Waals surface area contributed by atoms with Gasteiger partial charge in [0, 0.05) is 32.1 Å². The first-order valence-electron chi connectivity index (χ1n) is 8.39. The monoisotopic (exact) mass is 328 g/mol. The summed E-state index contributed by atoms with van der Waals surface area (Å²) in [7, 11) is 0. The minimum absolute atomic E-state index is 0.0645. The van der Waals surface area contributed by atoms with Gasteiger partial charge in [-0.1, -0.05) is 12.1 Å². The zero-order chi connectivity index (χ0) is 16.7. The molecule has 3 heterocycles. The third kappa shape index (κ3) is 2.96. The average molecular weight is 328 g/mol. The van der Waals surface area contributed by atoms with Crippen LogP contribution in [-0.2, 0) is 17.9 Å². The molecule has 5 heteroatoms. The summed E-state index contributed by atoms with van der Waals surface area (Å²) in [6.07, 6.45) is 0. The van der Waals surface area contributed by atoms with Gasteiger partial charge < -0.3 is 9.32 Å². The minimum atomic E-state index is -0.251. The van der Waals surface area contributed by atoms with Crippen LogP contribution in [-0.4, -0.2) is 35.3 Å². The van der Waals surface area contributed by atoms with Gasteiger partial charge >= 0.3 is 0 Å². The summed E-state index contributed by atoms with van der Waals surface area (Å²) >= 11 is 0. The maximum atomic E-state index is 13.3. The number of fused-ring (bicyclic) bond motifs is 1. The first-order chi connectivity index (χ1) is 11.6. The molecule has 0 aliphatic carbocycles. The van der Waals surface area contributed by atoms with Crippen LogP contribution in [0.1, 0.15) is 17.1 Å². The van der Waals surface area contributed by atoms with E-state index in [9.17, 15) is 9.18 Å². The molecule has 2 saturated heterocycles. The molecule has 1 aromatic heterocycles. The van der Waals surface area contributed by atoms with Crippen LogP contribution in [0.4, 0.5) is 4.39 Å². The van der Waals surface area contributed by atoms with Gasteiger partial charge in [0.05, 0.1) is 12.5 Å². The maximum absolute atomic E-state index is 13.3. The molecule has 0 saturated carbocycles. The van der Waals surface area contributed by atoms with E-state index in [2.05, 4.69) is 4.90 Å². The summed E-state index contributed by atoms with van der Waals surface area (Å²) in [5.41, 5.74) is 0.853. The molecule has 0 unspecified atom stereocenters. The Labute approximate surface area is 140 Å². The van der Waals surface area contributed by atoms with E-state index in [4.69, 9.17) is 4.42 Å². The number of furan rings is 1. The molecular weight excluding hydrogens is 307 g/mol. The van der Waals surface area contributed by atoms with Crippen molar-refractivity contribution in [2.24, 2.45) is 11.8 Å². The zero-order valence-electron chi connectivity index (χ0n) is 13.7. The number of nitrogens with zero attached hydrogens (tertiary/aromatic N) is 2. The zero-order valence-corrected chi connectivity index (χ0v) is 13.7. The number of carbonyl (C=O) groups excluding carboxylic acids is 1. The predicted molar refractivity (Wildman–Crippen MR) is 87.5 cm³/mol. The minimum Gasteiger partial charge on any atom is -0.465 e. The largest absolute Gasteiger partial charge is 0.465 e. The molecule has 1 amide bonds. The number of halogens is 1. The highest BCUT2D eigenvalue weighted by molar-refractivity contribution is 5.82. The molecule has 2 aliphatic rings. The van der Waals surface area contributed by atoms with Crippen LogP contribution in [0.25, 0.3) is 0 Å². The van der Waals surface area contributed by atoms with E-state index in [-0.39, 0.29) is 17.6 Å². The van der Waals surface area contributed by atoms with Gasteiger partial charge in [-0.15, -0.1) is 0 Å². The fraction of sp³-hybridized carbons (Fsp3) is 0.421. The lowest BCUT2D eigenvalue weighted by Gasteiger charge is -2.21. The molecule has 0 N–H and O–H groups in total. The van der Waals surface area contributed by atoms with Gasteiger partial charge in [-0.05, 0) is 36.8 Å². The second kappa shape index (κ2) is 6.06. The number of amides is 1. The van der Waals surface area contributed by atoms with Gasteiger partial charge in [0.2, 0.25) is 5.91 Å². The summed E-state index contributed by atoms with van der Waals surface area (Å²) in [5.74, 6) is 2.25. The molecule has 24 heavy (non-hydrogen) atoms.